The number of amides is 1. The van der Waals surface area contributed by atoms with E-state index in [2.05, 4.69) is 15.6 Å². The van der Waals surface area contributed by atoms with Gasteiger partial charge in [-0.2, -0.15) is 0 Å². The van der Waals surface area contributed by atoms with E-state index in [9.17, 15) is 4.79 Å². The minimum absolute atomic E-state index is 0.256. The van der Waals surface area contributed by atoms with Gasteiger partial charge in [-0.15, -0.1) is 5.10 Å². The number of aryl methyl sites for hydroxylation is 1. The van der Waals surface area contributed by atoms with Crippen LogP contribution in [0.15, 0.2) is 6.20 Å². The van der Waals surface area contributed by atoms with Crippen molar-refractivity contribution in [1.29, 1.82) is 0 Å². The monoisotopic (exact) mass is 197 g/mol. The maximum absolute atomic E-state index is 10.4. The molecule has 0 spiro atoms. The second kappa shape index (κ2) is 5.33. The lowest BCUT2D eigenvalue weighted by Crippen LogP contribution is -2.19. The molecule has 0 aliphatic rings. The van der Waals surface area contributed by atoms with Gasteiger partial charge in [0.15, 0.2) is 0 Å². The highest BCUT2D eigenvalue weighted by atomic mass is 16.1. The topological polar surface area (TPSA) is 85.8 Å². The minimum atomic E-state index is -0.256. The zero-order chi connectivity index (χ0) is 10.4. The van der Waals surface area contributed by atoms with Crippen LogP contribution in [0.4, 0.5) is 0 Å². The Morgan fingerprint density at radius 1 is 1.71 bits per heavy atom. The molecule has 14 heavy (non-hydrogen) atoms. The van der Waals surface area contributed by atoms with E-state index in [0.29, 0.717) is 13.0 Å². The summed E-state index contributed by atoms with van der Waals surface area (Å²) in [5, 5.41) is 10.7. The first-order valence-electron chi connectivity index (χ1n) is 4.52. The molecule has 0 atom stereocenters. The number of aromatic nitrogens is 3. The van der Waals surface area contributed by atoms with Crippen LogP contribution < -0.4 is 11.1 Å². The van der Waals surface area contributed by atoms with Crippen LogP contribution in [0.1, 0.15) is 18.5 Å². The van der Waals surface area contributed by atoms with Gasteiger partial charge in [0.2, 0.25) is 5.91 Å². The summed E-state index contributed by atoms with van der Waals surface area (Å²) in [4.78, 5) is 10.4. The third kappa shape index (κ3) is 3.53. The van der Waals surface area contributed by atoms with Crippen molar-refractivity contribution >= 4 is 5.91 Å². The molecule has 0 unspecified atom stereocenters. The van der Waals surface area contributed by atoms with E-state index in [1.165, 1.54) is 0 Å². The number of nitrogens with two attached hydrogens (primary N) is 1. The SMILES string of the molecule is Cn1nncc1CNCCCC(N)=O. The summed E-state index contributed by atoms with van der Waals surface area (Å²) in [5.74, 6) is -0.256. The first-order valence-corrected chi connectivity index (χ1v) is 4.52. The number of hydrogen-bond acceptors (Lipinski definition) is 4. The van der Waals surface area contributed by atoms with E-state index < -0.39 is 0 Å². The van der Waals surface area contributed by atoms with Gasteiger partial charge in [0.05, 0.1) is 11.9 Å². The summed E-state index contributed by atoms with van der Waals surface area (Å²) in [6, 6.07) is 0. The molecule has 0 aromatic carbocycles. The summed E-state index contributed by atoms with van der Waals surface area (Å²) in [5.41, 5.74) is 6.02. The molecular weight excluding hydrogens is 182 g/mol. The van der Waals surface area contributed by atoms with Gasteiger partial charge in [0.1, 0.15) is 0 Å². The third-order valence-electron chi connectivity index (χ3n) is 1.89. The molecule has 3 N–H and O–H groups in total. The van der Waals surface area contributed by atoms with Crippen LogP contribution in [0.5, 0.6) is 0 Å². The average Bonchev–Trinajstić information content (AvgIpc) is 2.51. The third-order valence-corrected chi connectivity index (χ3v) is 1.89. The van der Waals surface area contributed by atoms with E-state index in [1.807, 2.05) is 7.05 Å². The molecule has 0 saturated heterocycles. The standard InChI is InChI=1S/C8H15N5O/c1-13-7(6-11-12-13)5-10-4-2-3-8(9)14/h6,10H,2-5H2,1H3,(H2,9,14). The summed E-state index contributed by atoms with van der Waals surface area (Å²) < 4.78 is 1.71. The Labute approximate surface area is 82.5 Å². The lowest BCUT2D eigenvalue weighted by molar-refractivity contribution is -0.118. The van der Waals surface area contributed by atoms with E-state index in [-0.39, 0.29) is 5.91 Å². The van der Waals surface area contributed by atoms with Crippen LogP contribution in [-0.4, -0.2) is 27.4 Å². The molecule has 0 bridgehead atoms. The Morgan fingerprint density at radius 2 is 2.50 bits per heavy atom. The fraction of sp³-hybridized carbons (Fsp3) is 0.625. The fourth-order valence-electron chi connectivity index (χ4n) is 1.08. The van der Waals surface area contributed by atoms with Crippen molar-refractivity contribution in [2.45, 2.75) is 19.4 Å². The molecule has 78 valence electrons. The molecule has 1 amide bonds. The van der Waals surface area contributed by atoms with Gasteiger partial charge < -0.3 is 11.1 Å². The van der Waals surface area contributed by atoms with Crippen LogP contribution in [0, 0.1) is 0 Å². The summed E-state index contributed by atoms with van der Waals surface area (Å²) in [6.45, 7) is 1.48. The van der Waals surface area contributed by atoms with Gasteiger partial charge >= 0.3 is 0 Å². The smallest absolute Gasteiger partial charge is 0.217 e. The van der Waals surface area contributed by atoms with Gasteiger partial charge in [-0.1, -0.05) is 5.21 Å². The Bertz CT molecular complexity index is 296. The highest BCUT2D eigenvalue weighted by molar-refractivity contribution is 5.73. The minimum Gasteiger partial charge on any atom is -0.370 e. The highest BCUT2D eigenvalue weighted by Gasteiger charge is 1.98. The molecule has 0 fully saturated rings. The lowest BCUT2D eigenvalue weighted by Gasteiger charge is -2.02. The number of carbonyl (C=O) groups is 1. The van der Waals surface area contributed by atoms with Crippen molar-refractivity contribution in [3.8, 4) is 0 Å². The van der Waals surface area contributed by atoms with Crippen LogP contribution in [0.25, 0.3) is 0 Å². The Hall–Kier alpha value is -1.43. The molecule has 1 rings (SSSR count). The quantitative estimate of drug-likeness (QED) is 0.583. The molecular formula is C8H15N5O. The molecule has 0 radical (unpaired) electrons. The van der Waals surface area contributed by atoms with E-state index >= 15 is 0 Å². The number of rotatable bonds is 6. The summed E-state index contributed by atoms with van der Waals surface area (Å²) in [7, 11) is 1.84. The predicted octanol–water partition coefficient (Wildman–Crippen LogP) is -0.830. The van der Waals surface area contributed by atoms with Gasteiger partial charge in [-0.25, -0.2) is 0 Å². The second-order valence-corrected chi connectivity index (χ2v) is 3.10. The van der Waals surface area contributed by atoms with Crippen LogP contribution >= 0.6 is 0 Å². The van der Waals surface area contributed by atoms with Crippen molar-refractivity contribution in [2.75, 3.05) is 6.54 Å². The number of carbonyl (C=O) groups excluding carboxylic acids is 1. The maximum atomic E-state index is 10.4. The first-order chi connectivity index (χ1) is 6.70. The van der Waals surface area contributed by atoms with Crippen LogP contribution in [0.3, 0.4) is 0 Å². The second-order valence-electron chi connectivity index (χ2n) is 3.10. The summed E-state index contributed by atoms with van der Waals surface area (Å²) >= 11 is 0. The lowest BCUT2D eigenvalue weighted by atomic mass is 10.3. The molecule has 1 aromatic rings. The maximum Gasteiger partial charge on any atom is 0.217 e. The first kappa shape index (κ1) is 10.6. The summed E-state index contributed by atoms with van der Waals surface area (Å²) in [6.07, 6.45) is 2.90. The number of nitrogens with one attached hydrogen (secondary N) is 1. The number of hydrogen-bond donors (Lipinski definition) is 2. The van der Waals surface area contributed by atoms with Gasteiger partial charge in [-0.3, -0.25) is 9.48 Å². The Morgan fingerprint density at radius 3 is 3.07 bits per heavy atom. The van der Waals surface area contributed by atoms with Crippen LogP contribution in [-0.2, 0) is 18.4 Å². The largest absolute Gasteiger partial charge is 0.370 e. The van der Waals surface area contributed by atoms with Crippen molar-refractivity contribution in [1.82, 2.24) is 20.3 Å². The van der Waals surface area contributed by atoms with E-state index in [4.69, 9.17) is 5.73 Å². The molecule has 0 aliphatic carbocycles. The molecule has 0 saturated carbocycles. The van der Waals surface area contributed by atoms with Crippen LogP contribution in [0.2, 0.25) is 0 Å². The Kier molecular flexibility index (Phi) is 4.06. The molecule has 6 nitrogen and oxygen atoms in total. The molecule has 1 aromatic heterocycles. The molecule has 0 aliphatic heterocycles. The zero-order valence-corrected chi connectivity index (χ0v) is 8.23. The fourth-order valence-corrected chi connectivity index (χ4v) is 1.08. The molecule has 6 heteroatoms. The van der Waals surface area contributed by atoms with Crippen molar-refractivity contribution < 1.29 is 4.79 Å². The van der Waals surface area contributed by atoms with E-state index in [0.717, 1.165) is 18.7 Å². The molecule has 1 heterocycles. The number of primary amides is 1. The zero-order valence-electron chi connectivity index (χ0n) is 8.23. The van der Waals surface area contributed by atoms with Crippen molar-refractivity contribution in [2.24, 2.45) is 12.8 Å². The predicted molar refractivity (Wildman–Crippen MR) is 51.1 cm³/mol. The van der Waals surface area contributed by atoms with Crippen molar-refractivity contribution in [3.05, 3.63) is 11.9 Å². The Balaban J connectivity index is 2.10. The van der Waals surface area contributed by atoms with Gasteiger partial charge in [0.25, 0.3) is 0 Å². The normalized spacial score (nSPS) is 10.4. The highest BCUT2D eigenvalue weighted by Crippen LogP contribution is 1.92. The van der Waals surface area contributed by atoms with Gasteiger partial charge in [0, 0.05) is 20.0 Å². The van der Waals surface area contributed by atoms with Crippen molar-refractivity contribution in [3.63, 3.8) is 0 Å². The van der Waals surface area contributed by atoms with E-state index in [1.54, 1.807) is 10.9 Å². The average molecular weight is 197 g/mol. The van der Waals surface area contributed by atoms with Gasteiger partial charge in [-0.05, 0) is 13.0 Å². The number of nitrogens with zero attached hydrogens (tertiary/aromatic N) is 3.